The van der Waals surface area contributed by atoms with Gasteiger partial charge in [-0.15, -0.1) is 0 Å². The van der Waals surface area contributed by atoms with Crippen LogP contribution in [0.3, 0.4) is 0 Å². The largest absolute Gasteiger partial charge is 0.310 e. The van der Waals surface area contributed by atoms with Gasteiger partial charge >= 0.3 is 0 Å². The SMILES string of the molecule is Cc1ccc(-n2nc3c(c2NC(=O)C24CC5CC(CC(C5)C2)C4)CS(=O)(=O)C3)c(C)c1. The Balaban J connectivity index is 1.41. The first-order valence-corrected chi connectivity index (χ1v) is 13.2. The molecule has 2 heterocycles. The normalized spacial score (nSPS) is 32.3. The van der Waals surface area contributed by atoms with Crippen molar-refractivity contribution in [1.29, 1.82) is 0 Å². The molecule has 31 heavy (non-hydrogen) atoms. The minimum atomic E-state index is -3.21. The molecule has 1 aliphatic heterocycles. The highest BCUT2D eigenvalue weighted by Crippen LogP contribution is 2.60. The summed E-state index contributed by atoms with van der Waals surface area (Å²) in [4.78, 5) is 13.7. The molecule has 1 aromatic carbocycles. The fraction of sp³-hybridized carbons (Fsp3) is 0.583. The van der Waals surface area contributed by atoms with E-state index in [2.05, 4.69) is 16.5 Å². The average molecular weight is 440 g/mol. The van der Waals surface area contributed by atoms with Crippen LogP contribution >= 0.6 is 0 Å². The number of carbonyl (C=O) groups is 1. The number of benzene rings is 1. The highest BCUT2D eigenvalue weighted by atomic mass is 32.2. The van der Waals surface area contributed by atoms with Crippen molar-refractivity contribution in [2.24, 2.45) is 23.2 Å². The van der Waals surface area contributed by atoms with E-state index in [1.807, 2.05) is 26.0 Å². The molecule has 1 aromatic heterocycles. The lowest BCUT2D eigenvalue weighted by molar-refractivity contribution is -0.140. The molecule has 0 unspecified atom stereocenters. The van der Waals surface area contributed by atoms with Crippen LogP contribution in [0.2, 0.25) is 0 Å². The van der Waals surface area contributed by atoms with E-state index in [-0.39, 0.29) is 22.8 Å². The van der Waals surface area contributed by atoms with E-state index in [1.165, 1.54) is 19.3 Å². The zero-order valence-electron chi connectivity index (χ0n) is 18.1. The maximum Gasteiger partial charge on any atom is 0.231 e. The first-order chi connectivity index (χ1) is 14.7. The Labute approximate surface area is 183 Å². The first kappa shape index (κ1) is 19.5. The number of aryl methyl sites for hydroxylation is 2. The Morgan fingerprint density at radius 1 is 1.06 bits per heavy atom. The number of nitrogens with zero attached hydrogens (tertiary/aromatic N) is 2. The van der Waals surface area contributed by atoms with Crippen LogP contribution < -0.4 is 5.32 Å². The lowest BCUT2D eigenvalue weighted by atomic mass is 9.49. The van der Waals surface area contributed by atoms with Crippen molar-refractivity contribution in [3.63, 3.8) is 0 Å². The predicted octanol–water partition coefficient (Wildman–Crippen LogP) is 4.07. The monoisotopic (exact) mass is 439 g/mol. The summed E-state index contributed by atoms with van der Waals surface area (Å²) in [6, 6.07) is 6.11. The number of anilines is 1. The molecule has 4 fully saturated rings. The maximum atomic E-state index is 13.7. The second-order valence-corrected chi connectivity index (χ2v) is 12.7. The number of aromatic nitrogens is 2. The number of hydrogen-bond donors (Lipinski definition) is 1. The molecule has 5 aliphatic rings. The van der Waals surface area contributed by atoms with Gasteiger partial charge in [0, 0.05) is 5.56 Å². The van der Waals surface area contributed by atoms with Crippen LogP contribution in [0.25, 0.3) is 5.69 Å². The van der Waals surface area contributed by atoms with Gasteiger partial charge in [-0.1, -0.05) is 17.7 Å². The van der Waals surface area contributed by atoms with E-state index in [0.717, 1.165) is 36.1 Å². The molecule has 2 aromatic rings. The van der Waals surface area contributed by atoms with Gasteiger partial charge in [0.2, 0.25) is 5.91 Å². The molecular formula is C24H29N3O3S. The summed E-state index contributed by atoms with van der Waals surface area (Å²) in [6.45, 7) is 4.07. The molecule has 4 saturated carbocycles. The van der Waals surface area contributed by atoms with Crippen LogP contribution in [-0.4, -0.2) is 24.1 Å². The van der Waals surface area contributed by atoms with Crippen molar-refractivity contribution in [2.75, 3.05) is 5.32 Å². The molecule has 1 amide bonds. The number of carbonyl (C=O) groups excluding carboxylic acids is 1. The number of nitrogens with one attached hydrogen (secondary N) is 1. The third-order valence-corrected chi connectivity index (χ3v) is 9.56. The lowest BCUT2D eigenvalue weighted by Crippen LogP contribution is -2.52. The summed E-state index contributed by atoms with van der Waals surface area (Å²) in [5.41, 5.74) is 4.03. The van der Waals surface area contributed by atoms with Crippen molar-refractivity contribution in [1.82, 2.24) is 9.78 Å². The van der Waals surface area contributed by atoms with E-state index in [1.54, 1.807) is 4.68 Å². The molecule has 4 aliphatic carbocycles. The molecule has 7 heteroatoms. The molecule has 0 spiro atoms. The van der Waals surface area contributed by atoms with Crippen LogP contribution in [0.1, 0.15) is 60.9 Å². The standard InChI is InChI=1S/C24H29N3O3S/c1-14-3-4-21(15(2)5-14)27-22(19-12-31(29,30)13-20(19)26-27)25-23(28)24-9-16-6-17(10-24)8-18(7-16)11-24/h3-5,16-18H,6-13H2,1-2H3,(H,25,28). The number of sulfone groups is 1. The minimum Gasteiger partial charge on any atom is -0.310 e. The molecule has 0 radical (unpaired) electrons. The fourth-order valence-electron chi connectivity index (χ4n) is 7.22. The van der Waals surface area contributed by atoms with Gasteiger partial charge in [-0.2, -0.15) is 5.10 Å². The topological polar surface area (TPSA) is 81.1 Å². The van der Waals surface area contributed by atoms with Crippen LogP contribution in [0.15, 0.2) is 18.2 Å². The number of hydrogen-bond acceptors (Lipinski definition) is 4. The maximum absolute atomic E-state index is 13.7. The van der Waals surface area contributed by atoms with Gasteiger partial charge in [-0.05, 0) is 81.8 Å². The molecule has 0 atom stereocenters. The van der Waals surface area contributed by atoms with Gasteiger partial charge in [-0.3, -0.25) is 4.79 Å². The van der Waals surface area contributed by atoms with E-state index >= 15 is 0 Å². The van der Waals surface area contributed by atoms with Gasteiger partial charge < -0.3 is 5.32 Å². The Kier molecular flexibility index (Phi) is 4.05. The van der Waals surface area contributed by atoms with Crippen molar-refractivity contribution < 1.29 is 13.2 Å². The van der Waals surface area contributed by atoms with Crippen molar-refractivity contribution >= 4 is 21.6 Å². The summed E-state index contributed by atoms with van der Waals surface area (Å²) >= 11 is 0. The molecular weight excluding hydrogens is 410 g/mol. The second kappa shape index (κ2) is 6.44. The van der Waals surface area contributed by atoms with E-state index in [9.17, 15) is 13.2 Å². The Morgan fingerprint density at radius 2 is 1.71 bits per heavy atom. The molecule has 4 bridgehead atoms. The van der Waals surface area contributed by atoms with Gasteiger partial charge in [0.15, 0.2) is 9.84 Å². The summed E-state index contributed by atoms with van der Waals surface area (Å²) in [6.07, 6.45) is 6.76. The van der Waals surface area contributed by atoms with Crippen LogP contribution in [0.4, 0.5) is 5.82 Å². The van der Waals surface area contributed by atoms with Crippen LogP contribution in [-0.2, 0) is 26.1 Å². The lowest BCUT2D eigenvalue weighted by Gasteiger charge is -2.55. The number of fused-ring (bicyclic) bond motifs is 1. The number of rotatable bonds is 3. The van der Waals surface area contributed by atoms with E-state index in [4.69, 9.17) is 0 Å². The highest BCUT2D eigenvalue weighted by Gasteiger charge is 2.55. The van der Waals surface area contributed by atoms with Crippen molar-refractivity contribution in [3.8, 4) is 5.69 Å². The molecule has 6 nitrogen and oxygen atoms in total. The predicted molar refractivity (Wildman–Crippen MR) is 119 cm³/mol. The summed E-state index contributed by atoms with van der Waals surface area (Å²) in [7, 11) is -3.21. The van der Waals surface area contributed by atoms with Gasteiger partial charge in [0.1, 0.15) is 5.82 Å². The minimum absolute atomic E-state index is 0.0519. The highest BCUT2D eigenvalue weighted by molar-refractivity contribution is 7.90. The van der Waals surface area contributed by atoms with Gasteiger partial charge in [0.05, 0.1) is 28.3 Å². The summed E-state index contributed by atoms with van der Waals surface area (Å²) < 4.78 is 26.4. The van der Waals surface area contributed by atoms with Crippen molar-refractivity contribution in [3.05, 3.63) is 40.6 Å². The first-order valence-electron chi connectivity index (χ1n) is 11.4. The van der Waals surface area contributed by atoms with Crippen LogP contribution in [0.5, 0.6) is 0 Å². The average Bonchev–Trinajstić information content (AvgIpc) is 3.13. The molecule has 164 valence electrons. The Hall–Kier alpha value is -2.15. The molecule has 1 N–H and O–H groups in total. The number of amides is 1. The smallest absolute Gasteiger partial charge is 0.231 e. The van der Waals surface area contributed by atoms with E-state index in [0.29, 0.717) is 34.8 Å². The molecule has 7 rings (SSSR count). The zero-order valence-corrected chi connectivity index (χ0v) is 19.0. The zero-order chi connectivity index (χ0) is 21.5. The fourth-order valence-corrected chi connectivity index (χ4v) is 8.71. The van der Waals surface area contributed by atoms with Gasteiger partial charge in [0.25, 0.3) is 0 Å². The van der Waals surface area contributed by atoms with Crippen LogP contribution in [0, 0.1) is 37.0 Å². The second-order valence-electron chi connectivity index (χ2n) is 10.7. The quantitative estimate of drug-likeness (QED) is 0.782. The van der Waals surface area contributed by atoms with Crippen molar-refractivity contribution in [2.45, 2.75) is 63.9 Å². The Bertz CT molecular complexity index is 1180. The van der Waals surface area contributed by atoms with Gasteiger partial charge in [-0.25, -0.2) is 13.1 Å². The third kappa shape index (κ3) is 3.07. The summed E-state index contributed by atoms with van der Waals surface area (Å²) in [5.74, 6) is 2.55. The Morgan fingerprint density at radius 3 is 2.32 bits per heavy atom. The van der Waals surface area contributed by atoms with E-state index < -0.39 is 9.84 Å². The third-order valence-electron chi connectivity index (χ3n) is 8.12. The summed E-state index contributed by atoms with van der Waals surface area (Å²) in [5, 5.41) is 7.89. The molecule has 0 saturated heterocycles.